The number of unbranched alkanes of at least 4 members (excludes halogenated alkanes) is 2. The number of nitrogens with zero attached hydrogens (tertiary/aromatic N) is 2. The monoisotopic (exact) mass is 593 g/mol. The number of fused-ring (bicyclic) bond motifs is 2. The first kappa shape index (κ1) is 30.9. The van der Waals surface area contributed by atoms with Crippen LogP contribution >= 0.6 is 0 Å². The Morgan fingerprint density at radius 2 is 1.86 bits per heavy atom. The number of benzene rings is 1. The predicted molar refractivity (Wildman–Crippen MR) is 158 cm³/mol. The fourth-order valence-corrected chi connectivity index (χ4v) is 6.96. The molecule has 4 aliphatic heterocycles. The highest BCUT2D eigenvalue weighted by Crippen LogP contribution is 2.56. The van der Waals surface area contributed by atoms with E-state index in [1.807, 2.05) is 49.4 Å². The second-order valence-electron chi connectivity index (χ2n) is 11.8. The van der Waals surface area contributed by atoms with Crippen molar-refractivity contribution >= 4 is 23.7 Å². The minimum atomic E-state index is -1.32. The SMILES string of the molecule is CCCCCN1C/C=C\CCC(=O)OC[C@H](c2ccccc2)NC(=O)[C@@H]2[C@H]3C(=O)N([C@@H](CC)CO)[C@H](C1=O)[C@]31C=C[C@H]2O1. The van der Waals surface area contributed by atoms with Crippen molar-refractivity contribution in [3.8, 4) is 0 Å². The molecule has 1 aromatic carbocycles. The van der Waals surface area contributed by atoms with E-state index < -0.39 is 47.6 Å². The molecule has 10 heteroatoms. The molecule has 2 N–H and O–H groups in total. The van der Waals surface area contributed by atoms with Crippen LogP contribution in [-0.4, -0.2) is 88.7 Å². The molecule has 232 valence electrons. The summed E-state index contributed by atoms with van der Waals surface area (Å²) in [6.45, 7) is 4.39. The number of hydrogen-bond acceptors (Lipinski definition) is 7. The van der Waals surface area contributed by atoms with Gasteiger partial charge in [0.2, 0.25) is 17.7 Å². The van der Waals surface area contributed by atoms with Crippen molar-refractivity contribution in [1.29, 1.82) is 0 Å². The number of rotatable bonds is 8. The summed E-state index contributed by atoms with van der Waals surface area (Å²) < 4.78 is 12.1. The van der Waals surface area contributed by atoms with Gasteiger partial charge in [0, 0.05) is 19.5 Å². The van der Waals surface area contributed by atoms with E-state index in [4.69, 9.17) is 9.47 Å². The molecular weight excluding hydrogens is 550 g/mol. The van der Waals surface area contributed by atoms with E-state index in [0.717, 1.165) is 24.8 Å². The molecule has 5 rings (SSSR count). The van der Waals surface area contributed by atoms with Crippen molar-refractivity contribution < 1.29 is 33.8 Å². The summed E-state index contributed by atoms with van der Waals surface area (Å²) in [5, 5.41) is 13.3. The minimum Gasteiger partial charge on any atom is -0.463 e. The Morgan fingerprint density at radius 1 is 1.07 bits per heavy atom. The molecule has 2 saturated heterocycles. The number of carbonyl (C=O) groups is 4. The maximum atomic E-state index is 14.5. The number of amides is 3. The third-order valence-electron chi connectivity index (χ3n) is 9.20. The van der Waals surface area contributed by atoms with Crippen LogP contribution in [0.4, 0.5) is 0 Å². The lowest BCUT2D eigenvalue weighted by molar-refractivity contribution is -0.150. The molecule has 0 aliphatic carbocycles. The molecule has 1 spiro atoms. The van der Waals surface area contributed by atoms with Crippen molar-refractivity contribution in [3.63, 3.8) is 0 Å². The summed E-state index contributed by atoms with van der Waals surface area (Å²) in [5.41, 5.74) is -0.559. The highest BCUT2D eigenvalue weighted by molar-refractivity contribution is 6.00. The van der Waals surface area contributed by atoms with E-state index in [1.54, 1.807) is 17.1 Å². The molecule has 0 unspecified atom stereocenters. The molecule has 5 bridgehead atoms. The molecule has 3 amide bonds. The summed E-state index contributed by atoms with van der Waals surface area (Å²) in [6, 6.07) is 6.99. The Kier molecular flexibility index (Phi) is 9.66. The van der Waals surface area contributed by atoms with Gasteiger partial charge in [-0.1, -0.05) is 81.3 Å². The highest BCUT2D eigenvalue weighted by atomic mass is 16.5. The summed E-state index contributed by atoms with van der Waals surface area (Å²) in [7, 11) is 0. The van der Waals surface area contributed by atoms with Crippen LogP contribution in [0.15, 0.2) is 54.6 Å². The van der Waals surface area contributed by atoms with Gasteiger partial charge in [0.25, 0.3) is 0 Å². The molecular formula is C33H43N3O7. The van der Waals surface area contributed by atoms with Gasteiger partial charge in [0.1, 0.15) is 18.2 Å². The van der Waals surface area contributed by atoms with Crippen molar-refractivity contribution in [3.05, 3.63) is 60.2 Å². The number of carbonyl (C=O) groups excluding carboxylic acids is 4. The topological polar surface area (TPSA) is 125 Å². The number of ether oxygens (including phenoxy) is 2. The molecule has 1 aromatic rings. The standard InChI is InChI=1S/C33H43N3O7/c1-3-5-11-18-35-19-12-7-10-15-26(38)42-21-24(22-13-8-6-9-14-22)34-30(39)27-25-16-17-33(43-25)28(27)31(40)36(23(4-2)20-37)29(33)32(35)41/h6-9,12-14,16-17,23-25,27-29,37H,3-5,10-11,15,18-21H2,1-2H3,(H,34,39)/b12-7-/t23-,24+,25+,27-,28-,29+,33-/m0/s1. The van der Waals surface area contributed by atoms with Crippen molar-refractivity contribution in [2.45, 2.75) is 82.2 Å². The van der Waals surface area contributed by atoms with Crippen molar-refractivity contribution in [2.24, 2.45) is 11.8 Å². The number of nitrogens with one attached hydrogen (secondary N) is 1. The summed E-state index contributed by atoms with van der Waals surface area (Å²) in [5.74, 6) is -3.24. The van der Waals surface area contributed by atoms with Crippen LogP contribution in [-0.2, 0) is 28.7 Å². The molecule has 4 heterocycles. The number of aliphatic hydroxyl groups is 1. The second kappa shape index (κ2) is 13.4. The van der Waals surface area contributed by atoms with E-state index in [-0.39, 0.29) is 37.4 Å². The molecule has 0 saturated carbocycles. The van der Waals surface area contributed by atoms with E-state index in [9.17, 15) is 24.3 Å². The third kappa shape index (κ3) is 5.87. The van der Waals surface area contributed by atoms with Crippen LogP contribution in [0.3, 0.4) is 0 Å². The van der Waals surface area contributed by atoms with E-state index in [0.29, 0.717) is 25.9 Å². The lowest BCUT2D eigenvalue weighted by Crippen LogP contribution is -2.58. The number of hydrogen-bond donors (Lipinski definition) is 2. The fraction of sp³-hybridized carbons (Fsp3) is 0.576. The molecule has 7 atom stereocenters. The molecule has 0 radical (unpaired) electrons. The maximum absolute atomic E-state index is 14.5. The lowest BCUT2D eigenvalue weighted by Gasteiger charge is -2.38. The summed E-state index contributed by atoms with van der Waals surface area (Å²) in [6.07, 6.45) is 10.4. The second-order valence-corrected chi connectivity index (χ2v) is 11.8. The molecule has 4 aliphatic rings. The normalized spacial score (nSPS) is 32.5. The Morgan fingerprint density at radius 3 is 2.58 bits per heavy atom. The zero-order valence-corrected chi connectivity index (χ0v) is 25.0. The number of esters is 1. The third-order valence-corrected chi connectivity index (χ3v) is 9.20. The van der Waals surface area contributed by atoms with Crippen LogP contribution in [0.1, 0.15) is 64.0 Å². The lowest BCUT2D eigenvalue weighted by atomic mass is 9.74. The minimum absolute atomic E-state index is 0.0585. The van der Waals surface area contributed by atoms with Crippen LogP contribution in [0.25, 0.3) is 0 Å². The quantitative estimate of drug-likeness (QED) is 0.270. The van der Waals surface area contributed by atoms with Crippen LogP contribution in [0.5, 0.6) is 0 Å². The molecule has 43 heavy (non-hydrogen) atoms. The average Bonchev–Trinajstić information content (AvgIpc) is 3.66. The maximum Gasteiger partial charge on any atom is 0.306 e. The first-order chi connectivity index (χ1) is 20.9. The van der Waals surface area contributed by atoms with Gasteiger partial charge in [-0.05, 0) is 24.8 Å². The number of cyclic esters (lactones) is 1. The van der Waals surface area contributed by atoms with Gasteiger partial charge < -0.3 is 29.7 Å². The fourth-order valence-electron chi connectivity index (χ4n) is 6.96. The number of aliphatic hydroxyl groups excluding tert-OH is 1. The van der Waals surface area contributed by atoms with Gasteiger partial charge in [-0.15, -0.1) is 0 Å². The Bertz CT molecular complexity index is 1250. The van der Waals surface area contributed by atoms with E-state index in [1.165, 1.54) is 4.90 Å². The summed E-state index contributed by atoms with van der Waals surface area (Å²) >= 11 is 0. The van der Waals surface area contributed by atoms with Gasteiger partial charge in [-0.3, -0.25) is 19.2 Å². The molecule has 2 fully saturated rings. The zero-order valence-electron chi connectivity index (χ0n) is 25.0. The van der Waals surface area contributed by atoms with Gasteiger partial charge >= 0.3 is 5.97 Å². The van der Waals surface area contributed by atoms with E-state index in [2.05, 4.69) is 12.2 Å². The number of likely N-dealkylation sites (tertiary alicyclic amines) is 1. The molecule has 0 aromatic heterocycles. The van der Waals surface area contributed by atoms with Crippen LogP contribution < -0.4 is 5.32 Å². The Labute approximate surface area is 253 Å². The Hall–Kier alpha value is -3.50. The van der Waals surface area contributed by atoms with Crippen LogP contribution in [0.2, 0.25) is 0 Å². The van der Waals surface area contributed by atoms with E-state index >= 15 is 0 Å². The van der Waals surface area contributed by atoms with Crippen molar-refractivity contribution in [2.75, 3.05) is 26.3 Å². The Balaban J connectivity index is 1.56. The van der Waals surface area contributed by atoms with Crippen molar-refractivity contribution in [1.82, 2.24) is 15.1 Å². The average molecular weight is 594 g/mol. The predicted octanol–water partition coefficient (Wildman–Crippen LogP) is 2.68. The van der Waals surface area contributed by atoms with Gasteiger partial charge in [-0.25, -0.2) is 0 Å². The highest BCUT2D eigenvalue weighted by Gasteiger charge is 2.73. The smallest absolute Gasteiger partial charge is 0.306 e. The first-order valence-corrected chi connectivity index (χ1v) is 15.6. The van der Waals surface area contributed by atoms with Crippen LogP contribution in [0, 0.1) is 11.8 Å². The summed E-state index contributed by atoms with van der Waals surface area (Å²) in [4.78, 5) is 58.7. The van der Waals surface area contributed by atoms with Gasteiger partial charge in [-0.2, -0.15) is 0 Å². The number of allylic oxidation sites excluding steroid dienone is 1. The largest absolute Gasteiger partial charge is 0.463 e. The zero-order chi connectivity index (χ0) is 30.6. The molecule has 10 nitrogen and oxygen atoms in total. The van der Waals surface area contributed by atoms with Gasteiger partial charge in [0.15, 0.2) is 0 Å². The first-order valence-electron chi connectivity index (χ1n) is 15.6. The van der Waals surface area contributed by atoms with Gasteiger partial charge in [0.05, 0.1) is 36.6 Å².